The first kappa shape index (κ1) is 14.4. The molecule has 1 aliphatic heterocycles. The van der Waals surface area contributed by atoms with Crippen LogP contribution < -0.4 is 5.32 Å². The number of likely N-dealkylation sites (tertiary alicyclic amines) is 1. The van der Waals surface area contributed by atoms with Crippen LogP contribution in [0.15, 0.2) is 18.3 Å². The maximum Gasteiger partial charge on any atom is 0.169 e. The van der Waals surface area contributed by atoms with Gasteiger partial charge in [0.25, 0.3) is 0 Å². The summed E-state index contributed by atoms with van der Waals surface area (Å²) in [5.41, 5.74) is 1.37. The minimum absolute atomic E-state index is 0.413. The number of aryl methyl sites for hydroxylation is 1. The molecule has 1 aromatic heterocycles. The molecule has 0 aliphatic carbocycles. The Kier molecular flexibility index (Phi) is 4.86. The number of aromatic nitrogens is 1. The highest BCUT2D eigenvalue weighted by molar-refractivity contribution is 7.80. The average Bonchev–Trinajstić information content (AvgIpc) is 2.69. The zero-order valence-electron chi connectivity index (χ0n) is 12.2. The highest BCUT2D eigenvalue weighted by Crippen LogP contribution is 2.32. The SMILES string of the molecule is CCNC(=S)N1CC[C@H](C)CC[C@H]1c1cccn1C. The molecule has 1 fully saturated rings. The summed E-state index contributed by atoms with van der Waals surface area (Å²) in [6, 6.07) is 4.76. The zero-order valence-corrected chi connectivity index (χ0v) is 13.0. The molecule has 0 amide bonds. The first-order chi connectivity index (χ1) is 9.13. The number of hydrogen-bond acceptors (Lipinski definition) is 1. The van der Waals surface area contributed by atoms with Gasteiger partial charge in [-0.05, 0) is 56.5 Å². The Hall–Kier alpha value is -1.03. The van der Waals surface area contributed by atoms with Crippen LogP contribution in [0, 0.1) is 5.92 Å². The second-order valence-corrected chi connectivity index (χ2v) is 5.95. The van der Waals surface area contributed by atoms with Gasteiger partial charge in [0.2, 0.25) is 0 Å². The number of rotatable bonds is 2. The van der Waals surface area contributed by atoms with E-state index >= 15 is 0 Å². The summed E-state index contributed by atoms with van der Waals surface area (Å²) in [5.74, 6) is 0.789. The maximum absolute atomic E-state index is 5.57. The molecule has 1 saturated heterocycles. The van der Waals surface area contributed by atoms with E-state index in [1.807, 2.05) is 0 Å². The summed E-state index contributed by atoms with van der Waals surface area (Å²) in [6.07, 6.45) is 5.82. The highest BCUT2D eigenvalue weighted by Gasteiger charge is 2.27. The third-order valence-corrected chi connectivity index (χ3v) is 4.46. The molecule has 0 unspecified atom stereocenters. The molecule has 1 aliphatic rings. The van der Waals surface area contributed by atoms with Gasteiger partial charge in [-0.3, -0.25) is 0 Å². The van der Waals surface area contributed by atoms with E-state index in [9.17, 15) is 0 Å². The zero-order chi connectivity index (χ0) is 13.8. The molecule has 4 heteroatoms. The van der Waals surface area contributed by atoms with Crippen molar-refractivity contribution in [1.29, 1.82) is 0 Å². The molecular formula is C15H25N3S. The second kappa shape index (κ2) is 6.42. The largest absolute Gasteiger partial charge is 0.363 e. The van der Waals surface area contributed by atoms with E-state index in [1.165, 1.54) is 25.0 Å². The fourth-order valence-electron chi connectivity index (χ4n) is 2.88. The molecule has 2 heterocycles. The quantitative estimate of drug-likeness (QED) is 0.840. The van der Waals surface area contributed by atoms with Gasteiger partial charge in [0, 0.05) is 32.0 Å². The van der Waals surface area contributed by atoms with Crippen LogP contribution in [-0.4, -0.2) is 27.7 Å². The topological polar surface area (TPSA) is 20.2 Å². The van der Waals surface area contributed by atoms with E-state index in [1.54, 1.807) is 0 Å². The number of nitrogens with zero attached hydrogens (tertiary/aromatic N) is 2. The Balaban J connectivity index is 2.24. The molecule has 19 heavy (non-hydrogen) atoms. The van der Waals surface area contributed by atoms with E-state index in [0.717, 1.165) is 24.1 Å². The molecule has 2 rings (SSSR count). The van der Waals surface area contributed by atoms with Gasteiger partial charge in [-0.25, -0.2) is 0 Å². The Bertz CT molecular complexity index is 427. The van der Waals surface area contributed by atoms with E-state index in [4.69, 9.17) is 12.2 Å². The Morgan fingerprint density at radius 1 is 1.42 bits per heavy atom. The summed E-state index contributed by atoms with van der Waals surface area (Å²) in [6.45, 7) is 6.40. The first-order valence-electron chi connectivity index (χ1n) is 7.29. The van der Waals surface area contributed by atoms with E-state index in [0.29, 0.717) is 6.04 Å². The van der Waals surface area contributed by atoms with Crippen molar-refractivity contribution in [3.63, 3.8) is 0 Å². The van der Waals surface area contributed by atoms with Crippen LogP contribution in [-0.2, 0) is 7.05 Å². The van der Waals surface area contributed by atoms with Gasteiger partial charge in [-0.15, -0.1) is 0 Å². The predicted molar refractivity (Wildman–Crippen MR) is 84.1 cm³/mol. The molecule has 3 nitrogen and oxygen atoms in total. The summed E-state index contributed by atoms with van der Waals surface area (Å²) in [4.78, 5) is 2.39. The van der Waals surface area contributed by atoms with E-state index in [2.05, 4.69) is 54.0 Å². The monoisotopic (exact) mass is 279 g/mol. The molecular weight excluding hydrogens is 254 g/mol. The first-order valence-corrected chi connectivity index (χ1v) is 7.70. The number of nitrogens with one attached hydrogen (secondary N) is 1. The minimum atomic E-state index is 0.413. The van der Waals surface area contributed by atoms with Crippen molar-refractivity contribution in [2.75, 3.05) is 13.1 Å². The van der Waals surface area contributed by atoms with Gasteiger partial charge >= 0.3 is 0 Å². The molecule has 0 saturated carbocycles. The van der Waals surface area contributed by atoms with Crippen LogP contribution in [0.4, 0.5) is 0 Å². The van der Waals surface area contributed by atoms with Crippen molar-refractivity contribution >= 4 is 17.3 Å². The molecule has 0 bridgehead atoms. The second-order valence-electron chi connectivity index (χ2n) is 5.56. The molecule has 1 N–H and O–H groups in total. The van der Waals surface area contributed by atoms with E-state index in [-0.39, 0.29) is 0 Å². The fraction of sp³-hybridized carbons (Fsp3) is 0.667. The molecule has 0 spiro atoms. The van der Waals surface area contributed by atoms with Crippen molar-refractivity contribution in [3.8, 4) is 0 Å². The molecule has 0 aromatic carbocycles. The van der Waals surface area contributed by atoms with Crippen molar-refractivity contribution in [2.45, 2.75) is 39.2 Å². The summed E-state index contributed by atoms with van der Waals surface area (Å²) < 4.78 is 2.22. The van der Waals surface area contributed by atoms with Gasteiger partial charge in [0.15, 0.2) is 5.11 Å². The lowest BCUT2D eigenvalue weighted by Gasteiger charge is -2.32. The van der Waals surface area contributed by atoms with Crippen LogP contribution in [0.3, 0.4) is 0 Å². The van der Waals surface area contributed by atoms with E-state index < -0.39 is 0 Å². The van der Waals surface area contributed by atoms with Crippen molar-refractivity contribution in [2.24, 2.45) is 13.0 Å². The summed E-state index contributed by atoms with van der Waals surface area (Å²) in [7, 11) is 2.12. The Labute approximate surface area is 122 Å². The van der Waals surface area contributed by atoms with Gasteiger partial charge in [0.05, 0.1) is 6.04 Å². The lowest BCUT2D eigenvalue weighted by molar-refractivity contribution is 0.306. The molecule has 0 radical (unpaired) electrons. The van der Waals surface area contributed by atoms with Crippen LogP contribution in [0.5, 0.6) is 0 Å². The van der Waals surface area contributed by atoms with Crippen LogP contribution in [0.1, 0.15) is 44.8 Å². The number of thiocarbonyl (C=S) groups is 1. The Morgan fingerprint density at radius 2 is 2.21 bits per heavy atom. The lowest BCUT2D eigenvalue weighted by atomic mass is 10.0. The van der Waals surface area contributed by atoms with Crippen molar-refractivity contribution in [3.05, 3.63) is 24.0 Å². The highest BCUT2D eigenvalue weighted by atomic mass is 32.1. The van der Waals surface area contributed by atoms with Crippen LogP contribution >= 0.6 is 12.2 Å². The van der Waals surface area contributed by atoms with Crippen LogP contribution in [0.2, 0.25) is 0 Å². The molecule has 2 atom stereocenters. The lowest BCUT2D eigenvalue weighted by Crippen LogP contribution is -2.42. The third kappa shape index (κ3) is 3.30. The molecule has 106 valence electrons. The normalized spacial score (nSPS) is 24.1. The third-order valence-electron chi connectivity index (χ3n) is 4.09. The predicted octanol–water partition coefficient (Wildman–Crippen LogP) is 3.08. The minimum Gasteiger partial charge on any atom is -0.363 e. The van der Waals surface area contributed by atoms with Gasteiger partial charge in [0.1, 0.15) is 0 Å². The van der Waals surface area contributed by atoms with Gasteiger partial charge < -0.3 is 14.8 Å². The maximum atomic E-state index is 5.57. The summed E-state index contributed by atoms with van der Waals surface area (Å²) in [5, 5.41) is 4.22. The Morgan fingerprint density at radius 3 is 2.84 bits per heavy atom. The van der Waals surface area contributed by atoms with Gasteiger partial charge in [-0.1, -0.05) is 6.92 Å². The van der Waals surface area contributed by atoms with Crippen molar-refractivity contribution < 1.29 is 0 Å². The smallest absolute Gasteiger partial charge is 0.169 e. The average molecular weight is 279 g/mol. The molecule has 1 aromatic rings. The number of hydrogen-bond donors (Lipinski definition) is 1. The standard InChI is InChI=1S/C15H25N3S/c1-4-16-15(19)18-11-9-12(2)7-8-14(18)13-6-5-10-17(13)3/h5-6,10,12,14H,4,7-9,11H2,1-3H3,(H,16,19)/t12-,14+/m1/s1. The van der Waals surface area contributed by atoms with Crippen molar-refractivity contribution in [1.82, 2.24) is 14.8 Å². The summed E-state index contributed by atoms with van der Waals surface area (Å²) >= 11 is 5.57. The van der Waals surface area contributed by atoms with Gasteiger partial charge in [-0.2, -0.15) is 0 Å². The fourth-order valence-corrected chi connectivity index (χ4v) is 3.24. The van der Waals surface area contributed by atoms with Crippen LogP contribution in [0.25, 0.3) is 0 Å².